The lowest BCUT2D eigenvalue weighted by molar-refractivity contribution is -0.123. The molecule has 2 fully saturated rings. The van der Waals surface area contributed by atoms with Gasteiger partial charge < -0.3 is 20.3 Å². The summed E-state index contributed by atoms with van der Waals surface area (Å²) in [6, 6.07) is 0. The standard InChI is InChI=1S/C18H26N4O2/c1-13-4-3-6-22(16(13)12-19-2)7-9-24-8-5-21-18(23)17-14-10-20-11-15(14)17/h3-4,6,12,14-15,17,20H,2,5,7-11H2,1H3,(H,21,23)/b16-12-/t14-,15+,17?. The zero-order valence-electron chi connectivity index (χ0n) is 14.2. The van der Waals surface area contributed by atoms with E-state index in [1.54, 1.807) is 6.20 Å². The van der Waals surface area contributed by atoms with Gasteiger partial charge in [0.1, 0.15) is 0 Å². The average Bonchev–Trinajstić information content (AvgIpc) is 3.06. The van der Waals surface area contributed by atoms with Gasteiger partial charge in [0.2, 0.25) is 5.91 Å². The molecule has 1 unspecified atom stereocenters. The average molecular weight is 330 g/mol. The molecule has 3 rings (SSSR count). The molecule has 2 heterocycles. The van der Waals surface area contributed by atoms with Crippen molar-refractivity contribution in [1.29, 1.82) is 0 Å². The topological polar surface area (TPSA) is 66.0 Å². The number of ether oxygens (including phenoxy) is 1. The van der Waals surface area contributed by atoms with Gasteiger partial charge in [0.15, 0.2) is 0 Å². The number of amides is 1. The zero-order chi connectivity index (χ0) is 16.9. The SMILES string of the molecule is C=N/C=C1/C(C)=CC=CN1CCOCCNC(=O)C1[C@H]2CNC[C@@H]12. The Bertz CT molecular complexity index is 572. The van der Waals surface area contributed by atoms with Crippen LogP contribution in [0, 0.1) is 17.8 Å². The first-order valence-electron chi connectivity index (χ1n) is 8.56. The molecular formula is C18H26N4O2. The number of piperidine rings is 1. The van der Waals surface area contributed by atoms with Crippen molar-refractivity contribution in [3.8, 4) is 0 Å². The summed E-state index contributed by atoms with van der Waals surface area (Å²) in [5.41, 5.74) is 2.19. The molecule has 0 aromatic rings. The van der Waals surface area contributed by atoms with Crippen LogP contribution in [0.2, 0.25) is 0 Å². The monoisotopic (exact) mass is 330 g/mol. The molecule has 1 saturated carbocycles. The normalized spacial score (nSPS) is 29.4. The predicted octanol–water partition coefficient (Wildman–Crippen LogP) is 0.902. The molecule has 0 radical (unpaired) electrons. The van der Waals surface area contributed by atoms with E-state index in [0.717, 1.165) is 30.9 Å². The molecule has 0 aromatic heterocycles. The molecule has 0 spiro atoms. The number of carbonyl (C=O) groups excluding carboxylic acids is 1. The van der Waals surface area contributed by atoms with Crippen LogP contribution in [-0.2, 0) is 9.53 Å². The molecule has 1 amide bonds. The summed E-state index contributed by atoms with van der Waals surface area (Å²) >= 11 is 0. The van der Waals surface area contributed by atoms with Gasteiger partial charge >= 0.3 is 0 Å². The van der Waals surface area contributed by atoms with Gasteiger partial charge in [-0.3, -0.25) is 9.79 Å². The number of rotatable bonds is 8. The second-order valence-corrected chi connectivity index (χ2v) is 6.50. The predicted molar refractivity (Wildman–Crippen MR) is 94.4 cm³/mol. The Morgan fingerprint density at radius 3 is 3.04 bits per heavy atom. The smallest absolute Gasteiger partial charge is 0.223 e. The fourth-order valence-electron chi connectivity index (χ4n) is 3.58. The van der Waals surface area contributed by atoms with Crippen molar-refractivity contribution in [1.82, 2.24) is 15.5 Å². The van der Waals surface area contributed by atoms with Crippen molar-refractivity contribution in [2.45, 2.75) is 6.92 Å². The third-order valence-electron chi connectivity index (χ3n) is 4.96. The molecule has 0 bridgehead atoms. The first-order valence-corrected chi connectivity index (χ1v) is 8.56. The molecule has 1 aliphatic carbocycles. The fourth-order valence-corrected chi connectivity index (χ4v) is 3.58. The summed E-state index contributed by atoms with van der Waals surface area (Å²) in [6.07, 6.45) is 7.83. The summed E-state index contributed by atoms with van der Waals surface area (Å²) < 4.78 is 5.65. The Balaban J connectivity index is 1.29. The zero-order valence-corrected chi connectivity index (χ0v) is 14.2. The fraction of sp³-hybridized carbons (Fsp3) is 0.556. The minimum absolute atomic E-state index is 0.192. The molecule has 2 N–H and O–H groups in total. The number of aliphatic imine (C=N–C) groups is 1. The Hall–Kier alpha value is -1.92. The van der Waals surface area contributed by atoms with E-state index in [4.69, 9.17) is 4.74 Å². The van der Waals surface area contributed by atoms with Crippen LogP contribution in [0.25, 0.3) is 0 Å². The van der Waals surface area contributed by atoms with Crippen molar-refractivity contribution in [3.05, 3.63) is 35.8 Å². The highest BCUT2D eigenvalue weighted by Crippen LogP contribution is 2.48. The number of nitrogens with one attached hydrogen (secondary N) is 2. The van der Waals surface area contributed by atoms with Crippen molar-refractivity contribution in [2.75, 3.05) is 39.4 Å². The molecule has 130 valence electrons. The molecule has 0 aromatic carbocycles. The maximum atomic E-state index is 12.0. The second kappa shape index (κ2) is 7.77. The molecule has 6 nitrogen and oxygen atoms in total. The van der Waals surface area contributed by atoms with Gasteiger partial charge in [0.05, 0.1) is 25.1 Å². The minimum Gasteiger partial charge on any atom is -0.378 e. The van der Waals surface area contributed by atoms with E-state index in [1.807, 2.05) is 25.3 Å². The van der Waals surface area contributed by atoms with E-state index in [0.29, 0.717) is 31.6 Å². The first-order chi connectivity index (χ1) is 11.7. The number of allylic oxidation sites excluding steroid dienone is 3. The number of hydrogen-bond donors (Lipinski definition) is 2. The van der Waals surface area contributed by atoms with Crippen LogP contribution < -0.4 is 10.6 Å². The Morgan fingerprint density at radius 1 is 1.50 bits per heavy atom. The highest BCUT2D eigenvalue weighted by molar-refractivity contribution is 5.82. The van der Waals surface area contributed by atoms with E-state index in [2.05, 4.69) is 27.2 Å². The number of nitrogens with zero attached hydrogens (tertiary/aromatic N) is 2. The van der Waals surface area contributed by atoms with Crippen LogP contribution in [0.3, 0.4) is 0 Å². The Labute approximate surface area is 143 Å². The summed E-state index contributed by atoms with van der Waals surface area (Å²) in [7, 11) is 0. The Morgan fingerprint density at radius 2 is 2.29 bits per heavy atom. The van der Waals surface area contributed by atoms with Crippen molar-refractivity contribution < 1.29 is 9.53 Å². The lowest BCUT2D eigenvalue weighted by atomic mass is 10.1. The van der Waals surface area contributed by atoms with Crippen LogP contribution in [-0.4, -0.2) is 56.9 Å². The molecule has 1 saturated heterocycles. The van der Waals surface area contributed by atoms with Crippen LogP contribution in [0.1, 0.15) is 6.92 Å². The lowest BCUT2D eigenvalue weighted by Gasteiger charge is -2.26. The van der Waals surface area contributed by atoms with Crippen LogP contribution >= 0.6 is 0 Å². The quantitative estimate of drug-likeness (QED) is 0.513. The van der Waals surface area contributed by atoms with Crippen LogP contribution in [0.15, 0.2) is 40.8 Å². The van der Waals surface area contributed by atoms with Crippen molar-refractivity contribution in [2.24, 2.45) is 22.7 Å². The van der Waals surface area contributed by atoms with Gasteiger partial charge in [-0.25, -0.2) is 0 Å². The van der Waals surface area contributed by atoms with E-state index in [-0.39, 0.29) is 11.8 Å². The van der Waals surface area contributed by atoms with Gasteiger partial charge in [-0.1, -0.05) is 6.08 Å². The summed E-state index contributed by atoms with van der Waals surface area (Å²) in [6.45, 7) is 10.0. The molecule has 6 heteroatoms. The first kappa shape index (κ1) is 16.9. The third-order valence-corrected chi connectivity index (χ3v) is 4.96. The van der Waals surface area contributed by atoms with Crippen molar-refractivity contribution >= 4 is 12.6 Å². The van der Waals surface area contributed by atoms with E-state index in [1.165, 1.54) is 0 Å². The van der Waals surface area contributed by atoms with Gasteiger partial charge in [-0.15, -0.1) is 0 Å². The number of fused-ring (bicyclic) bond motifs is 1. The third kappa shape index (κ3) is 3.76. The van der Waals surface area contributed by atoms with Crippen LogP contribution in [0.5, 0.6) is 0 Å². The molecule has 3 atom stereocenters. The maximum Gasteiger partial charge on any atom is 0.223 e. The lowest BCUT2D eigenvalue weighted by Crippen LogP contribution is -2.32. The minimum atomic E-state index is 0.192. The summed E-state index contributed by atoms with van der Waals surface area (Å²) in [5, 5.41) is 6.29. The Kier molecular flexibility index (Phi) is 5.48. The van der Waals surface area contributed by atoms with Gasteiger partial charge in [-0.05, 0) is 50.2 Å². The number of carbonyl (C=O) groups is 1. The largest absolute Gasteiger partial charge is 0.378 e. The molecule has 2 aliphatic heterocycles. The molecular weight excluding hydrogens is 304 g/mol. The molecule has 3 aliphatic rings. The van der Waals surface area contributed by atoms with E-state index in [9.17, 15) is 4.79 Å². The van der Waals surface area contributed by atoms with Crippen LogP contribution in [0.4, 0.5) is 0 Å². The maximum absolute atomic E-state index is 12.0. The van der Waals surface area contributed by atoms with E-state index < -0.39 is 0 Å². The van der Waals surface area contributed by atoms with Gasteiger partial charge in [0, 0.05) is 25.2 Å². The van der Waals surface area contributed by atoms with E-state index >= 15 is 0 Å². The number of hydrogen-bond acceptors (Lipinski definition) is 5. The second-order valence-electron chi connectivity index (χ2n) is 6.50. The summed E-state index contributed by atoms with van der Waals surface area (Å²) in [5.74, 6) is 1.56. The highest BCUT2D eigenvalue weighted by Gasteiger charge is 2.56. The molecule has 24 heavy (non-hydrogen) atoms. The van der Waals surface area contributed by atoms with Gasteiger partial charge in [-0.2, -0.15) is 0 Å². The summed E-state index contributed by atoms with van der Waals surface area (Å²) in [4.78, 5) is 18.0. The van der Waals surface area contributed by atoms with Crippen molar-refractivity contribution in [3.63, 3.8) is 0 Å². The highest BCUT2D eigenvalue weighted by atomic mass is 16.5. The van der Waals surface area contributed by atoms with Gasteiger partial charge in [0.25, 0.3) is 0 Å².